The molecule has 10 heteroatoms. The highest BCUT2D eigenvalue weighted by Gasteiger charge is 2.32. The maximum atomic E-state index is 13.1. The molecule has 1 aromatic carbocycles. The van der Waals surface area contributed by atoms with E-state index in [0.717, 1.165) is 44.4 Å². The zero-order valence-electron chi connectivity index (χ0n) is 19.7. The van der Waals surface area contributed by atoms with Gasteiger partial charge in [-0.2, -0.15) is 0 Å². The number of carbonyl (C=O) groups is 1. The molecule has 5 rings (SSSR count). The topological polar surface area (TPSA) is 114 Å². The van der Waals surface area contributed by atoms with Crippen molar-refractivity contribution < 1.29 is 4.79 Å². The zero-order chi connectivity index (χ0) is 24.7. The van der Waals surface area contributed by atoms with Gasteiger partial charge in [-0.15, -0.1) is 21.5 Å². The number of nitrogens with zero attached hydrogens (tertiary/aromatic N) is 4. The Bertz CT molecular complexity index is 1430. The highest BCUT2D eigenvalue weighted by molar-refractivity contribution is 7.15. The maximum Gasteiger partial charge on any atom is 0.222 e. The van der Waals surface area contributed by atoms with E-state index in [9.17, 15) is 4.79 Å². The standard InChI is InChI=1S/C25H26ClN7OS/c1-13-14(2)35-25-22(13)23(16-4-6-19(26)7-5-16)30-20(24-32-31-15(3)33(24)25)8-21(34)29-12-18-11-28-10-17(18)9-27/h4-7,10-11,20,28H,8-9,12,27H2,1-3H3,(H,29,34)/t20-/m0/s1. The van der Waals surface area contributed by atoms with E-state index in [4.69, 9.17) is 22.3 Å². The second kappa shape index (κ2) is 9.41. The van der Waals surface area contributed by atoms with Crippen molar-refractivity contribution in [3.8, 4) is 5.00 Å². The molecular weight excluding hydrogens is 482 g/mol. The SMILES string of the molecule is Cc1sc2c(c1C)C(c1ccc(Cl)cc1)=N[C@@H](CC(=O)NCc1c[nH]cc1CN)c1nnc(C)n1-2. The number of aromatic nitrogens is 4. The van der Waals surface area contributed by atoms with Crippen molar-refractivity contribution in [1.29, 1.82) is 0 Å². The third-order valence-corrected chi connectivity index (χ3v) is 7.80. The highest BCUT2D eigenvalue weighted by atomic mass is 35.5. The Morgan fingerprint density at radius 3 is 2.66 bits per heavy atom. The summed E-state index contributed by atoms with van der Waals surface area (Å²) in [5.41, 5.74) is 11.7. The predicted octanol–water partition coefficient (Wildman–Crippen LogP) is 4.29. The minimum atomic E-state index is -0.499. The van der Waals surface area contributed by atoms with E-state index in [1.165, 1.54) is 4.88 Å². The molecule has 0 bridgehead atoms. The van der Waals surface area contributed by atoms with Gasteiger partial charge >= 0.3 is 0 Å². The number of nitrogens with one attached hydrogen (secondary N) is 2. The molecule has 3 aromatic heterocycles. The quantitative estimate of drug-likeness (QED) is 0.361. The number of hydrogen-bond donors (Lipinski definition) is 3. The Morgan fingerprint density at radius 2 is 1.91 bits per heavy atom. The molecule has 0 spiro atoms. The molecule has 0 fully saturated rings. The number of rotatable bonds is 6. The maximum absolute atomic E-state index is 13.1. The fraction of sp³-hybridized carbons (Fsp3) is 0.280. The molecule has 1 atom stereocenters. The smallest absolute Gasteiger partial charge is 0.222 e. The van der Waals surface area contributed by atoms with Gasteiger partial charge in [-0.3, -0.25) is 14.4 Å². The number of H-pyrrole nitrogens is 1. The van der Waals surface area contributed by atoms with Gasteiger partial charge in [-0.1, -0.05) is 23.7 Å². The number of thiophene rings is 1. The number of fused-ring (bicyclic) bond motifs is 3. The van der Waals surface area contributed by atoms with Crippen molar-refractivity contribution in [1.82, 2.24) is 25.1 Å². The Labute approximate surface area is 212 Å². The Kier molecular flexibility index (Phi) is 6.31. The molecule has 8 nitrogen and oxygen atoms in total. The van der Waals surface area contributed by atoms with Crippen molar-refractivity contribution in [2.24, 2.45) is 10.7 Å². The van der Waals surface area contributed by atoms with Gasteiger partial charge in [0, 0.05) is 46.5 Å². The van der Waals surface area contributed by atoms with Crippen LogP contribution in [0, 0.1) is 20.8 Å². The summed E-state index contributed by atoms with van der Waals surface area (Å²) in [6, 6.07) is 7.15. The summed E-state index contributed by atoms with van der Waals surface area (Å²) in [4.78, 5) is 22.4. The van der Waals surface area contributed by atoms with E-state index in [1.54, 1.807) is 11.3 Å². The van der Waals surface area contributed by atoms with Gasteiger partial charge in [0.15, 0.2) is 5.82 Å². The second-order valence-electron chi connectivity index (χ2n) is 8.60. The van der Waals surface area contributed by atoms with Gasteiger partial charge in [0.05, 0.1) is 12.1 Å². The van der Waals surface area contributed by atoms with Crippen molar-refractivity contribution >= 4 is 34.6 Å². The zero-order valence-corrected chi connectivity index (χ0v) is 21.3. The number of nitrogens with two attached hydrogens (primary N) is 1. The molecule has 35 heavy (non-hydrogen) atoms. The lowest BCUT2D eigenvalue weighted by Gasteiger charge is -2.13. The van der Waals surface area contributed by atoms with Crippen LogP contribution in [0.2, 0.25) is 5.02 Å². The molecule has 0 saturated carbocycles. The largest absolute Gasteiger partial charge is 0.367 e. The van der Waals surface area contributed by atoms with Gasteiger partial charge in [0.1, 0.15) is 16.9 Å². The number of carbonyl (C=O) groups excluding carboxylic acids is 1. The highest BCUT2D eigenvalue weighted by Crippen LogP contribution is 2.39. The summed E-state index contributed by atoms with van der Waals surface area (Å²) in [5, 5.41) is 13.5. The first-order valence-corrected chi connectivity index (χ1v) is 12.5. The number of amides is 1. The molecule has 180 valence electrons. The van der Waals surface area contributed by atoms with E-state index in [0.29, 0.717) is 23.9 Å². The minimum absolute atomic E-state index is 0.122. The normalized spacial score (nSPS) is 14.8. The molecule has 1 aliphatic heterocycles. The van der Waals surface area contributed by atoms with Crippen molar-refractivity contribution in [2.75, 3.05) is 0 Å². The van der Waals surface area contributed by atoms with Crippen molar-refractivity contribution in [3.05, 3.63) is 86.0 Å². The van der Waals surface area contributed by atoms with E-state index in [-0.39, 0.29) is 12.3 Å². The number of hydrogen-bond acceptors (Lipinski definition) is 6. The van der Waals surface area contributed by atoms with Gasteiger partial charge in [-0.25, -0.2) is 0 Å². The fourth-order valence-corrected chi connectivity index (χ4v) is 5.70. The lowest BCUT2D eigenvalue weighted by Crippen LogP contribution is -2.25. The van der Waals surface area contributed by atoms with E-state index >= 15 is 0 Å². The number of aliphatic imine (C=N–C) groups is 1. The third-order valence-electron chi connectivity index (χ3n) is 6.36. The van der Waals surface area contributed by atoms with E-state index in [1.807, 2.05) is 48.1 Å². The first kappa shape index (κ1) is 23.5. The molecule has 0 unspecified atom stereocenters. The molecule has 0 saturated heterocycles. The molecule has 4 N–H and O–H groups in total. The monoisotopic (exact) mass is 507 g/mol. The molecule has 4 aromatic rings. The lowest BCUT2D eigenvalue weighted by atomic mass is 9.99. The van der Waals surface area contributed by atoms with Crippen LogP contribution >= 0.6 is 22.9 Å². The molecule has 4 heterocycles. The molecular formula is C25H26ClN7OS. The van der Waals surface area contributed by atoms with Crippen LogP contribution in [0.25, 0.3) is 5.00 Å². The molecule has 0 radical (unpaired) electrons. The van der Waals surface area contributed by atoms with Gasteiger partial charge in [-0.05, 0) is 49.6 Å². The van der Waals surface area contributed by atoms with Crippen LogP contribution in [0.15, 0.2) is 41.7 Å². The summed E-state index contributed by atoms with van der Waals surface area (Å²) in [6.45, 7) is 6.95. The summed E-state index contributed by atoms with van der Waals surface area (Å²) in [5.74, 6) is 1.30. The Morgan fingerprint density at radius 1 is 1.17 bits per heavy atom. The fourth-order valence-electron chi connectivity index (χ4n) is 4.36. The molecule has 0 aliphatic carbocycles. The van der Waals surface area contributed by atoms with Crippen LogP contribution in [0.4, 0.5) is 0 Å². The van der Waals surface area contributed by atoms with Crippen LogP contribution < -0.4 is 11.1 Å². The third kappa shape index (κ3) is 4.31. The summed E-state index contributed by atoms with van der Waals surface area (Å²) >= 11 is 7.85. The van der Waals surface area contributed by atoms with Gasteiger partial charge < -0.3 is 16.0 Å². The average Bonchev–Trinajstić information content (AvgIpc) is 3.51. The van der Waals surface area contributed by atoms with Crippen LogP contribution in [-0.2, 0) is 17.9 Å². The van der Waals surface area contributed by atoms with Crippen LogP contribution in [0.3, 0.4) is 0 Å². The molecule has 1 amide bonds. The van der Waals surface area contributed by atoms with E-state index in [2.05, 4.69) is 34.3 Å². The van der Waals surface area contributed by atoms with Gasteiger partial charge in [0.25, 0.3) is 0 Å². The summed E-state index contributed by atoms with van der Waals surface area (Å²) < 4.78 is 2.04. The van der Waals surface area contributed by atoms with Crippen LogP contribution in [0.5, 0.6) is 0 Å². The van der Waals surface area contributed by atoms with Crippen molar-refractivity contribution in [2.45, 2.75) is 46.3 Å². The van der Waals surface area contributed by atoms with Crippen LogP contribution in [-0.4, -0.2) is 31.4 Å². The Balaban J connectivity index is 1.55. The first-order valence-electron chi connectivity index (χ1n) is 11.3. The number of benzene rings is 1. The van der Waals surface area contributed by atoms with Gasteiger partial charge in [0.2, 0.25) is 5.91 Å². The van der Waals surface area contributed by atoms with E-state index < -0.39 is 6.04 Å². The predicted molar refractivity (Wildman–Crippen MR) is 138 cm³/mol. The molecule has 1 aliphatic rings. The number of halogens is 1. The Hall–Kier alpha value is -3.27. The summed E-state index contributed by atoms with van der Waals surface area (Å²) in [7, 11) is 0. The number of aromatic amines is 1. The van der Waals surface area contributed by atoms with Crippen LogP contribution in [0.1, 0.15) is 56.8 Å². The number of aryl methyl sites for hydroxylation is 2. The second-order valence-corrected chi connectivity index (χ2v) is 10.2. The minimum Gasteiger partial charge on any atom is -0.367 e. The summed E-state index contributed by atoms with van der Waals surface area (Å²) in [6.07, 6.45) is 3.85. The lowest BCUT2D eigenvalue weighted by molar-refractivity contribution is -0.121. The van der Waals surface area contributed by atoms with Crippen molar-refractivity contribution in [3.63, 3.8) is 0 Å². The first-order chi connectivity index (χ1) is 16.9. The average molecular weight is 508 g/mol.